The summed E-state index contributed by atoms with van der Waals surface area (Å²) in [7, 11) is -3.33. The number of fused-ring (bicyclic) bond motifs is 2. The average Bonchev–Trinajstić information content (AvgIpc) is 3.32. The Kier molecular flexibility index (Phi) is 4.77. The number of carbonyl (C=O) groups excluding carboxylic acids is 1. The molecule has 7 nitrogen and oxygen atoms in total. The van der Waals surface area contributed by atoms with Crippen molar-refractivity contribution in [3.05, 3.63) is 59.4 Å². The molecule has 0 spiro atoms. The fourth-order valence-electron chi connectivity index (χ4n) is 4.95. The van der Waals surface area contributed by atoms with Crippen molar-refractivity contribution in [3.63, 3.8) is 0 Å². The molecule has 3 heterocycles. The molecule has 1 unspecified atom stereocenters. The summed E-state index contributed by atoms with van der Waals surface area (Å²) in [6, 6.07) is 13.3. The molecule has 0 radical (unpaired) electrons. The van der Waals surface area contributed by atoms with Gasteiger partial charge in [-0.2, -0.15) is 0 Å². The largest absolute Gasteiger partial charge is 0.342 e. The molecule has 1 aromatic heterocycles. The highest BCUT2D eigenvalue weighted by atomic mass is 32.2. The first-order valence-electron chi connectivity index (χ1n) is 10.7. The lowest BCUT2D eigenvalue weighted by Gasteiger charge is -2.31. The van der Waals surface area contributed by atoms with E-state index in [0.29, 0.717) is 36.7 Å². The van der Waals surface area contributed by atoms with Crippen LogP contribution in [-0.4, -0.2) is 54.6 Å². The van der Waals surface area contributed by atoms with E-state index in [1.807, 2.05) is 42.2 Å². The van der Waals surface area contributed by atoms with Crippen molar-refractivity contribution in [2.75, 3.05) is 23.7 Å². The number of amides is 1. The number of imidazole rings is 1. The second-order valence-corrected chi connectivity index (χ2v) is 10.5. The summed E-state index contributed by atoms with van der Waals surface area (Å²) in [6.07, 6.45) is 3.59. The van der Waals surface area contributed by atoms with Crippen molar-refractivity contribution >= 4 is 32.7 Å². The van der Waals surface area contributed by atoms with Crippen molar-refractivity contribution in [1.82, 2.24) is 14.9 Å². The molecule has 162 valence electrons. The van der Waals surface area contributed by atoms with E-state index in [9.17, 15) is 13.2 Å². The molecular weight excluding hydrogens is 412 g/mol. The van der Waals surface area contributed by atoms with E-state index in [4.69, 9.17) is 4.98 Å². The van der Waals surface area contributed by atoms with Gasteiger partial charge in [0.2, 0.25) is 10.0 Å². The molecule has 0 saturated carbocycles. The van der Waals surface area contributed by atoms with Crippen LogP contribution in [0, 0.1) is 0 Å². The van der Waals surface area contributed by atoms with Gasteiger partial charge in [-0.25, -0.2) is 13.4 Å². The Morgan fingerprint density at radius 2 is 1.87 bits per heavy atom. The molecule has 2 aromatic carbocycles. The summed E-state index contributed by atoms with van der Waals surface area (Å²) < 4.78 is 25.7. The molecule has 5 rings (SSSR count). The molecule has 8 heteroatoms. The zero-order valence-corrected chi connectivity index (χ0v) is 18.5. The second kappa shape index (κ2) is 7.37. The van der Waals surface area contributed by atoms with Crippen LogP contribution >= 0.6 is 0 Å². The smallest absolute Gasteiger partial charge is 0.253 e. The molecule has 3 aromatic rings. The van der Waals surface area contributed by atoms with Crippen molar-refractivity contribution < 1.29 is 13.2 Å². The van der Waals surface area contributed by atoms with Crippen molar-refractivity contribution in [3.8, 4) is 0 Å². The minimum Gasteiger partial charge on any atom is -0.342 e. The van der Waals surface area contributed by atoms with Crippen LogP contribution in [-0.2, 0) is 16.4 Å². The summed E-state index contributed by atoms with van der Waals surface area (Å²) in [5, 5.41) is 0. The predicted octanol–water partition coefficient (Wildman–Crippen LogP) is 3.29. The normalized spacial score (nSPS) is 19.7. The summed E-state index contributed by atoms with van der Waals surface area (Å²) >= 11 is 0. The van der Waals surface area contributed by atoms with Crippen LogP contribution in [0.2, 0.25) is 0 Å². The van der Waals surface area contributed by atoms with E-state index in [1.54, 1.807) is 12.1 Å². The number of hydrogen-bond donors (Lipinski definition) is 1. The number of anilines is 1. The number of para-hydroxylation sites is 2. The van der Waals surface area contributed by atoms with Gasteiger partial charge in [0, 0.05) is 30.6 Å². The summed E-state index contributed by atoms with van der Waals surface area (Å²) in [6.45, 7) is 3.26. The van der Waals surface area contributed by atoms with Gasteiger partial charge in [-0.15, -0.1) is 0 Å². The third-order valence-electron chi connectivity index (χ3n) is 6.41. The molecule has 0 bridgehead atoms. The summed E-state index contributed by atoms with van der Waals surface area (Å²) in [5.74, 6) is 1.33. The number of piperidine rings is 1. The van der Waals surface area contributed by atoms with Crippen LogP contribution in [0.3, 0.4) is 0 Å². The topological polar surface area (TPSA) is 86.4 Å². The minimum absolute atomic E-state index is 0.0105. The van der Waals surface area contributed by atoms with Crippen LogP contribution in [0.1, 0.15) is 47.4 Å². The summed E-state index contributed by atoms with van der Waals surface area (Å²) in [4.78, 5) is 23.2. The lowest BCUT2D eigenvalue weighted by molar-refractivity contribution is 0.0711. The first kappa shape index (κ1) is 20.1. The molecular formula is C23H26N4O3S. The molecule has 1 N–H and O–H groups in total. The standard InChI is InChI=1S/C23H26N4O3S/c1-15-13-18-14-17(7-8-21(18)27(15)31(2,29)30)23(28)26-11-9-16(10-12-26)22-24-19-5-3-4-6-20(19)25-22/h3-8,14-16H,9-13H2,1-2H3,(H,24,25). The first-order chi connectivity index (χ1) is 14.8. The van der Waals surface area contributed by atoms with Gasteiger partial charge in [-0.05, 0) is 62.1 Å². The molecule has 1 amide bonds. The Balaban J connectivity index is 1.29. The van der Waals surface area contributed by atoms with Crippen LogP contribution in [0.25, 0.3) is 11.0 Å². The number of sulfonamides is 1. The monoisotopic (exact) mass is 438 g/mol. The van der Waals surface area contributed by atoms with Gasteiger partial charge in [-0.3, -0.25) is 9.10 Å². The Bertz CT molecular complexity index is 1230. The van der Waals surface area contributed by atoms with Crippen LogP contribution in [0.5, 0.6) is 0 Å². The van der Waals surface area contributed by atoms with Gasteiger partial charge in [0.25, 0.3) is 5.91 Å². The number of carbonyl (C=O) groups is 1. The van der Waals surface area contributed by atoms with E-state index in [-0.39, 0.29) is 11.9 Å². The first-order valence-corrected chi connectivity index (χ1v) is 12.5. The van der Waals surface area contributed by atoms with Crippen molar-refractivity contribution in [2.45, 2.75) is 38.1 Å². The highest BCUT2D eigenvalue weighted by Gasteiger charge is 2.33. The number of aromatic amines is 1. The minimum atomic E-state index is -3.33. The van der Waals surface area contributed by atoms with Gasteiger partial charge in [0.05, 0.1) is 23.0 Å². The number of rotatable bonds is 3. The van der Waals surface area contributed by atoms with Crippen LogP contribution < -0.4 is 4.31 Å². The molecule has 1 atom stereocenters. The third-order valence-corrected chi connectivity index (χ3v) is 7.68. The zero-order chi connectivity index (χ0) is 21.8. The van der Waals surface area contributed by atoms with E-state index >= 15 is 0 Å². The Morgan fingerprint density at radius 3 is 2.58 bits per heavy atom. The second-order valence-electron chi connectivity index (χ2n) is 8.66. The Labute approximate surface area is 182 Å². The van der Waals surface area contributed by atoms with Gasteiger partial charge in [0.15, 0.2) is 0 Å². The van der Waals surface area contributed by atoms with Crippen molar-refractivity contribution in [1.29, 1.82) is 0 Å². The van der Waals surface area contributed by atoms with Gasteiger partial charge in [0.1, 0.15) is 5.82 Å². The fourth-order valence-corrected chi connectivity index (χ4v) is 6.21. The number of hydrogen-bond acceptors (Lipinski definition) is 4. The Hall–Kier alpha value is -2.87. The molecule has 1 saturated heterocycles. The van der Waals surface area contributed by atoms with E-state index in [0.717, 1.165) is 35.3 Å². The maximum Gasteiger partial charge on any atom is 0.253 e. The van der Waals surface area contributed by atoms with Gasteiger partial charge in [-0.1, -0.05) is 12.1 Å². The number of aromatic nitrogens is 2. The number of nitrogens with one attached hydrogen (secondary N) is 1. The molecule has 0 aliphatic carbocycles. The number of benzene rings is 2. The van der Waals surface area contributed by atoms with E-state index < -0.39 is 10.0 Å². The molecule has 31 heavy (non-hydrogen) atoms. The Morgan fingerprint density at radius 1 is 1.13 bits per heavy atom. The van der Waals surface area contributed by atoms with Crippen molar-refractivity contribution in [2.24, 2.45) is 0 Å². The van der Waals surface area contributed by atoms with Gasteiger partial charge < -0.3 is 9.88 Å². The van der Waals surface area contributed by atoms with Gasteiger partial charge >= 0.3 is 0 Å². The molecule has 2 aliphatic rings. The number of likely N-dealkylation sites (tertiary alicyclic amines) is 1. The van der Waals surface area contributed by atoms with Crippen LogP contribution in [0.4, 0.5) is 5.69 Å². The quantitative estimate of drug-likeness (QED) is 0.680. The highest BCUT2D eigenvalue weighted by Crippen LogP contribution is 2.35. The third kappa shape index (κ3) is 3.59. The molecule has 2 aliphatic heterocycles. The lowest BCUT2D eigenvalue weighted by Crippen LogP contribution is -2.38. The number of nitrogens with zero attached hydrogens (tertiary/aromatic N) is 3. The SMILES string of the molecule is CC1Cc2cc(C(=O)N3CCC(c4nc5ccccc5[nH]4)CC3)ccc2N1S(C)(=O)=O. The highest BCUT2D eigenvalue weighted by molar-refractivity contribution is 7.92. The maximum atomic E-state index is 13.1. The summed E-state index contributed by atoms with van der Waals surface area (Å²) in [5.41, 5.74) is 4.26. The van der Waals surface area contributed by atoms with Crippen LogP contribution in [0.15, 0.2) is 42.5 Å². The maximum absolute atomic E-state index is 13.1. The van der Waals surface area contributed by atoms with E-state index in [1.165, 1.54) is 10.6 Å². The fraction of sp³-hybridized carbons (Fsp3) is 0.391. The molecule has 1 fully saturated rings. The lowest BCUT2D eigenvalue weighted by atomic mass is 9.95. The predicted molar refractivity (Wildman–Crippen MR) is 121 cm³/mol. The number of H-pyrrole nitrogens is 1. The zero-order valence-electron chi connectivity index (χ0n) is 17.7. The average molecular weight is 439 g/mol. The van der Waals surface area contributed by atoms with E-state index in [2.05, 4.69) is 4.98 Å².